The highest BCUT2D eigenvalue weighted by molar-refractivity contribution is 5.73. The zero-order valence-corrected chi connectivity index (χ0v) is 14.8. The van der Waals surface area contributed by atoms with Crippen molar-refractivity contribution in [3.05, 3.63) is 18.0 Å². The Labute approximate surface area is 154 Å². The smallest absolute Gasteiger partial charge is 0.419 e. The Morgan fingerprint density at radius 1 is 1.44 bits per heavy atom. The molecule has 1 aromatic heterocycles. The summed E-state index contributed by atoms with van der Waals surface area (Å²) in [6.07, 6.45) is -0.0738. The van der Waals surface area contributed by atoms with Gasteiger partial charge in [-0.15, -0.1) is 0 Å². The van der Waals surface area contributed by atoms with E-state index in [1.54, 1.807) is 6.92 Å². The highest BCUT2D eigenvalue weighted by atomic mass is 19.4. The maximum absolute atomic E-state index is 12.5. The Hall–Kier alpha value is -2.59. The van der Waals surface area contributed by atoms with Crippen molar-refractivity contribution in [1.29, 1.82) is 0 Å². The number of nitrogens with one attached hydrogen (secondary N) is 1. The number of amides is 1. The number of piperidine rings is 1. The molecule has 1 aliphatic heterocycles. The first-order valence-corrected chi connectivity index (χ1v) is 8.55. The largest absolute Gasteiger partial charge is 0.465 e. The second-order valence-corrected chi connectivity index (χ2v) is 6.31. The molecule has 27 heavy (non-hydrogen) atoms. The van der Waals surface area contributed by atoms with Crippen LogP contribution < -0.4 is 10.2 Å². The molecule has 0 spiro atoms. The number of carbonyl (C=O) groups is 1. The molecule has 1 atom stereocenters. The van der Waals surface area contributed by atoms with Gasteiger partial charge in [-0.2, -0.15) is 13.2 Å². The van der Waals surface area contributed by atoms with E-state index in [1.165, 1.54) is 6.21 Å². The van der Waals surface area contributed by atoms with Gasteiger partial charge in [0, 0.05) is 25.5 Å². The molecule has 1 saturated heterocycles. The summed E-state index contributed by atoms with van der Waals surface area (Å²) in [6, 6.07) is -0.436. The molecule has 0 radical (unpaired) electrons. The van der Waals surface area contributed by atoms with Crippen LogP contribution >= 0.6 is 0 Å². The van der Waals surface area contributed by atoms with Crippen molar-refractivity contribution in [3.63, 3.8) is 0 Å². The molecule has 8 nitrogen and oxygen atoms in total. The van der Waals surface area contributed by atoms with Crippen LogP contribution in [0.25, 0.3) is 0 Å². The minimum atomic E-state index is -4.44. The van der Waals surface area contributed by atoms with E-state index < -0.39 is 23.9 Å². The van der Waals surface area contributed by atoms with Gasteiger partial charge in [-0.1, -0.05) is 5.16 Å². The van der Waals surface area contributed by atoms with Crippen molar-refractivity contribution >= 4 is 18.3 Å². The van der Waals surface area contributed by atoms with Gasteiger partial charge in [0.25, 0.3) is 0 Å². The second-order valence-electron chi connectivity index (χ2n) is 6.31. The third kappa shape index (κ3) is 6.91. The van der Waals surface area contributed by atoms with Crippen molar-refractivity contribution in [2.45, 2.75) is 38.4 Å². The summed E-state index contributed by atoms with van der Waals surface area (Å²) >= 11 is 0. The van der Waals surface area contributed by atoms with Gasteiger partial charge in [0.2, 0.25) is 5.95 Å². The molecule has 1 unspecified atom stereocenters. The SMILES string of the molecule is CC(C=NOCCC1CCN(c2ncc(C(F)(F)F)cn2)CC1)NC(=O)O. The molecular weight excluding hydrogens is 367 g/mol. The van der Waals surface area contributed by atoms with Gasteiger partial charge < -0.3 is 20.2 Å². The fourth-order valence-corrected chi connectivity index (χ4v) is 2.69. The minimum absolute atomic E-state index is 0.308. The average Bonchev–Trinajstić information content (AvgIpc) is 2.61. The van der Waals surface area contributed by atoms with Crippen LogP contribution in [0.3, 0.4) is 0 Å². The zero-order valence-electron chi connectivity index (χ0n) is 14.8. The number of carboxylic acid groups (broad SMARTS) is 1. The lowest BCUT2D eigenvalue weighted by molar-refractivity contribution is -0.138. The summed E-state index contributed by atoms with van der Waals surface area (Å²) in [5.74, 6) is 0.725. The van der Waals surface area contributed by atoms with E-state index in [9.17, 15) is 18.0 Å². The van der Waals surface area contributed by atoms with Gasteiger partial charge >= 0.3 is 12.3 Å². The van der Waals surface area contributed by atoms with Crippen LogP contribution in [0.1, 0.15) is 31.7 Å². The summed E-state index contributed by atoms with van der Waals surface area (Å²) in [5.41, 5.74) is -0.855. The molecule has 11 heteroatoms. The van der Waals surface area contributed by atoms with E-state index in [0.29, 0.717) is 31.6 Å². The lowest BCUT2D eigenvalue weighted by atomic mass is 9.94. The Balaban J connectivity index is 1.68. The van der Waals surface area contributed by atoms with E-state index >= 15 is 0 Å². The van der Waals surface area contributed by atoms with Crippen LogP contribution in [0.5, 0.6) is 0 Å². The highest BCUT2D eigenvalue weighted by Gasteiger charge is 2.31. The Kier molecular flexibility index (Phi) is 7.19. The topological polar surface area (TPSA) is 99.9 Å². The highest BCUT2D eigenvalue weighted by Crippen LogP contribution is 2.29. The van der Waals surface area contributed by atoms with Crippen LogP contribution in [-0.4, -0.2) is 53.1 Å². The number of aromatic nitrogens is 2. The first-order valence-electron chi connectivity index (χ1n) is 8.55. The molecule has 2 rings (SSSR count). The minimum Gasteiger partial charge on any atom is -0.465 e. The number of alkyl halides is 3. The second kappa shape index (κ2) is 9.38. The number of hydrogen-bond donors (Lipinski definition) is 2. The molecule has 0 saturated carbocycles. The Morgan fingerprint density at radius 3 is 2.63 bits per heavy atom. The predicted octanol–water partition coefficient (Wildman–Crippen LogP) is 2.76. The summed E-state index contributed by atoms with van der Waals surface area (Å²) in [7, 11) is 0. The van der Waals surface area contributed by atoms with Crippen LogP contribution in [0.15, 0.2) is 17.5 Å². The number of nitrogens with zero attached hydrogens (tertiary/aromatic N) is 4. The molecule has 0 aliphatic carbocycles. The summed E-state index contributed by atoms with van der Waals surface area (Å²) in [5, 5.41) is 14.5. The molecule has 1 amide bonds. The number of oxime groups is 1. The maximum Gasteiger partial charge on any atom is 0.419 e. The van der Waals surface area contributed by atoms with Gasteiger partial charge in [-0.05, 0) is 32.1 Å². The first kappa shape index (κ1) is 20.7. The Morgan fingerprint density at radius 2 is 2.07 bits per heavy atom. The number of hydrogen-bond acceptors (Lipinski definition) is 6. The molecule has 2 N–H and O–H groups in total. The number of anilines is 1. The van der Waals surface area contributed by atoms with E-state index in [2.05, 4.69) is 20.4 Å². The van der Waals surface area contributed by atoms with E-state index in [-0.39, 0.29) is 0 Å². The molecule has 1 fully saturated rings. The van der Waals surface area contributed by atoms with E-state index in [1.807, 2.05) is 4.90 Å². The monoisotopic (exact) mass is 389 g/mol. The van der Waals surface area contributed by atoms with Gasteiger partial charge in [-0.3, -0.25) is 0 Å². The molecule has 1 aliphatic rings. The summed E-state index contributed by atoms with van der Waals surface area (Å²) in [6.45, 7) is 3.38. The molecular formula is C16H22F3N5O3. The fraction of sp³-hybridized carbons (Fsp3) is 0.625. The van der Waals surface area contributed by atoms with Crippen LogP contribution in [0, 0.1) is 5.92 Å². The third-order valence-electron chi connectivity index (χ3n) is 4.19. The van der Waals surface area contributed by atoms with E-state index in [0.717, 1.165) is 31.7 Å². The summed E-state index contributed by atoms with van der Waals surface area (Å²) in [4.78, 5) is 25.1. The van der Waals surface area contributed by atoms with Crippen molar-refractivity contribution < 1.29 is 27.9 Å². The summed E-state index contributed by atoms with van der Waals surface area (Å²) < 4.78 is 37.6. The molecule has 150 valence electrons. The lowest BCUT2D eigenvalue weighted by Crippen LogP contribution is -2.35. The Bertz CT molecular complexity index is 631. The van der Waals surface area contributed by atoms with Gasteiger partial charge in [0.05, 0.1) is 17.8 Å². The quantitative estimate of drug-likeness (QED) is 0.423. The third-order valence-corrected chi connectivity index (χ3v) is 4.19. The van der Waals surface area contributed by atoms with Crippen molar-refractivity contribution in [2.24, 2.45) is 11.1 Å². The number of rotatable bonds is 7. The molecule has 0 bridgehead atoms. The lowest BCUT2D eigenvalue weighted by Gasteiger charge is -2.31. The predicted molar refractivity (Wildman–Crippen MR) is 91.7 cm³/mol. The molecule has 2 heterocycles. The van der Waals surface area contributed by atoms with Gasteiger partial charge in [0.1, 0.15) is 6.61 Å². The molecule has 1 aromatic rings. The van der Waals surface area contributed by atoms with Crippen molar-refractivity contribution in [1.82, 2.24) is 15.3 Å². The van der Waals surface area contributed by atoms with Gasteiger partial charge in [-0.25, -0.2) is 14.8 Å². The fourth-order valence-electron chi connectivity index (χ4n) is 2.69. The number of halogens is 3. The normalized spacial score (nSPS) is 17.1. The standard InChI is InChI=1S/C16H22F3N5O3/c1-11(23-15(25)26)8-22-27-7-4-12-2-5-24(6-3-12)14-20-9-13(10-21-14)16(17,18)19/h8-12,23H,2-7H2,1H3,(H,25,26). The van der Waals surface area contributed by atoms with E-state index in [4.69, 9.17) is 9.94 Å². The zero-order chi connectivity index (χ0) is 19.9. The first-order chi connectivity index (χ1) is 12.8. The average molecular weight is 389 g/mol. The van der Waals surface area contributed by atoms with Gasteiger partial charge in [0.15, 0.2) is 0 Å². The van der Waals surface area contributed by atoms with Crippen LogP contribution in [-0.2, 0) is 11.0 Å². The maximum atomic E-state index is 12.5. The van der Waals surface area contributed by atoms with Crippen LogP contribution in [0.2, 0.25) is 0 Å². The van der Waals surface area contributed by atoms with Crippen molar-refractivity contribution in [2.75, 3.05) is 24.6 Å². The van der Waals surface area contributed by atoms with Crippen LogP contribution in [0.4, 0.5) is 23.9 Å². The molecule has 0 aromatic carbocycles. The van der Waals surface area contributed by atoms with Crippen molar-refractivity contribution in [3.8, 4) is 0 Å².